The Hall–Kier alpha value is -0.650. The highest BCUT2D eigenvalue weighted by Crippen LogP contribution is 2.39. The van der Waals surface area contributed by atoms with E-state index in [1.165, 1.54) is 38.5 Å². The van der Waals surface area contributed by atoms with Gasteiger partial charge in [0.2, 0.25) is 5.91 Å². The van der Waals surface area contributed by atoms with Gasteiger partial charge in [0, 0.05) is 31.8 Å². The van der Waals surface area contributed by atoms with E-state index in [0.29, 0.717) is 30.2 Å². The number of morpholine rings is 1. The summed E-state index contributed by atoms with van der Waals surface area (Å²) in [7, 11) is 0. The Bertz CT molecular complexity index is 524. The van der Waals surface area contributed by atoms with Crippen molar-refractivity contribution in [3.8, 4) is 0 Å². The number of amides is 1. The predicted molar refractivity (Wildman–Crippen MR) is 110 cm³/mol. The molecule has 4 fully saturated rings. The third-order valence-electron chi connectivity index (χ3n) is 7.96. The van der Waals surface area contributed by atoms with Crippen LogP contribution in [-0.2, 0) is 14.3 Å². The summed E-state index contributed by atoms with van der Waals surface area (Å²) < 4.78 is 11.6. The second-order valence-electron chi connectivity index (χ2n) is 9.95. The highest BCUT2D eigenvalue weighted by Gasteiger charge is 2.43. The molecule has 2 heterocycles. The van der Waals surface area contributed by atoms with Crippen LogP contribution in [0.4, 0.5) is 0 Å². The van der Waals surface area contributed by atoms with Crippen molar-refractivity contribution in [3.63, 3.8) is 0 Å². The minimum Gasteiger partial charge on any atom is -0.381 e. The van der Waals surface area contributed by atoms with E-state index in [2.05, 4.69) is 23.6 Å². The lowest BCUT2D eigenvalue weighted by Crippen LogP contribution is -2.61. The number of ether oxygens (including phenoxy) is 2. The van der Waals surface area contributed by atoms with Crippen molar-refractivity contribution in [1.82, 2.24) is 9.80 Å². The number of likely N-dealkylation sites (tertiary alicyclic amines) is 1. The first kappa shape index (κ1) is 20.6. The van der Waals surface area contributed by atoms with Gasteiger partial charge in [0.25, 0.3) is 0 Å². The highest BCUT2D eigenvalue weighted by atomic mass is 16.5. The maximum Gasteiger partial charge on any atom is 0.249 e. The number of rotatable bonds is 5. The van der Waals surface area contributed by atoms with Gasteiger partial charge in [0.05, 0.1) is 18.8 Å². The fraction of sp³-hybridized carbons (Fsp3) is 0.957. The van der Waals surface area contributed by atoms with Crippen LogP contribution in [0, 0.1) is 5.41 Å². The zero-order valence-corrected chi connectivity index (χ0v) is 18.0. The molecule has 160 valence electrons. The number of nitrogens with zero attached hydrogens (tertiary/aromatic N) is 2. The van der Waals surface area contributed by atoms with Crippen LogP contribution in [0.5, 0.6) is 0 Å². The standard InChI is InChI=1S/C23H40N2O3/c1-3-27-17-23(2)12-8-18(9-13-23)24-14-10-19(11-15-24)25-20-6-4-5-7-21(20)28-16-22(25)26/h18-21H,3-17H2,1-2H3/t18?,20-,21-,23?/m0/s1. The van der Waals surface area contributed by atoms with Crippen LogP contribution in [0.2, 0.25) is 0 Å². The normalized spacial score (nSPS) is 38.4. The zero-order valence-electron chi connectivity index (χ0n) is 18.0. The Balaban J connectivity index is 1.28. The lowest BCUT2D eigenvalue weighted by molar-refractivity contribution is -0.167. The van der Waals surface area contributed by atoms with Crippen molar-refractivity contribution in [3.05, 3.63) is 0 Å². The minimum atomic E-state index is 0.242. The van der Waals surface area contributed by atoms with Crippen LogP contribution in [0.1, 0.15) is 78.1 Å². The molecule has 2 aliphatic heterocycles. The smallest absolute Gasteiger partial charge is 0.249 e. The molecule has 2 atom stereocenters. The van der Waals surface area contributed by atoms with E-state index < -0.39 is 0 Å². The van der Waals surface area contributed by atoms with Gasteiger partial charge in [-0.15, -0.1) is 0 Å². The molecule has 0 radical (unpaired) electrons. The van der Waals surface area contributed by atoms with Crippen molar-refractivity contribution < 1.29 is 14.3 Å². The first-order valence-corrected chi connectivity index (χ1v) is 11.8. The minimum absolute atomic E-state index is 0.242. The Morgan fingerprint density at radius 1 is 1.04 bits per heavy atom. The molecule has 0 aromatic rings. The lowest BCUT2D eigenvalue weighted by Gasteiger charge is -2.50. The van der Waals surface area contributed by atoms with Gasteiger partial charge in [-0.3, -0.25) is 4.79 Å². The quantitative estimate of drug-likeness (QED) is 0.717. The fourth-order valence-electron chi connectivity index (χ4n) is 6.19. The van der Waals surface area contributed by atoms with E-state index in [-0.39, 0.29) is 5.91 Å². The summed E-state index contributed by atoms with van der Waals surface area (Å²) in [5.74, 6) is 0.242. The fourth-order valence-corrected chi connectivity index (χ4v) is 6.19. The van der Waals surface area contributed by atoms with E-state index in [4.69, 9.17) is 9.47 Å². The first-order chi connectivity index (χ1) is 13.6. The number of carbonyl (C=O) groups is 1. The molecule has 0 N–H and O–H groups in total. The molecule has 2 aliphatic carbocycles. The maximum atomic E-state index is 12.7. The monoisotopic (exact) mass is 392 g/mol. The van der Waals surface area contributed by atoms with E-state index in [9.17, 15) is 4.79 Å². The van der Waals surface area contributed by atoms with Crippen LogP contribution in [-0.4, -0.2) is 72.8 Å². The summed E-state index contributed by atoms with van der Waals surface area (Å²) >= 11 is 0. The molecule has 1 amide bonds. The molecule has 0 bridgehead atoms. The van der Waals surface area contributed by atoms with E-state index >= 15 is 0 Å². The Kier molecular flexibility index (Phi) is 6.63. The molecule has 2 saturated carbocycles. The van der Waals surface area contributed by atoms with E-state index in [1.54, 1.807) is 0 Å². The van der Waals surface area contributed by atoms with Gasteiger partial charge in [0.15, 0.2) is 0 Å². The molecule has 0 aromatic carbocycles. The Morgan fingerprint density at radius 3 is 2.46 bits per heavy atom. The van der Waals surface area contributed by atoms with Crippen molar-refractivity contribution >= 4 is 5.91 Å². The van der Waals surface area contributed by atoms with Crippen molar-refractivity contribution in [2.75, 3.05) is 32.9 Å². The summed E-state index contributed by atoms with van der Waals surface area (Å²) in [6.45, 7) is 8.85. The van der Waals surface area contributed by atoms with Gasteiger partial charge in [-0.1, -0.05) is 19.8 Å². The molecule has 4 aliphatic rings. The van der Waals surface area contributed by atoms with E-state index in [1.807, 2.05) is 0 Å². The molecule has 0 spiro atoms. The van der Waals surface area contributed by atoms with Crippen LogP contribution >= 0.6 is 0 Å². The van der Waals surface area contributed by atoms with Crippen LogP contribution in [0.25, 0.3) is 0 Å². The first-order valence-electron chi connectivity index (χ1n) is 11.8. The van der Waals surface area contributed by atoms with Crippen molar-refractivity contribution in [2.24, 2.45) is 5.41 Å². The van der Waals surface area contributed by atoms with Gasteiger partial charge in [-0.05, 0) is 63.7 Å². The molecule has 4 rings (SSSR count). The summed E-state index contributed by atoms with van der Waals surface area (Å²) in [4.78, 5) is 17.7. The van der Waals surface area contributed by atoms with Crippen LogP contribution < -0.4 is 0 Å². The predicted octanol–water partition coefficient (Wildman–Crippen LogP) is 3.61. The Labute approximate surface area is 171 Å². The van der Waals surface area contributed by atoms with Gasteiger partial charge in [-0.25, -0.2) is 0 Å². The largest absolute Gasteiger partial charge is 0.381 e. The number of fused-ring (bicyclic) bond motifs is 1. The number of piperidine rings is 1. The third kappa shape index (κ3) is 4.41. The van der Waals surface area contributed by atoms with Gasteiger partial charge in [-0.2, -0.15) is 0 Å². The SMILES string of the molecule is CCOCC1(C)CCC(N2CCC(N3C(=O)CO[C@H]4CCCC[C@@H]43)CC2)CC1. The summed E-state index contributed by atoms with van der Waals surface area (Å²) in [5, 5.41) is 0. The van der Waals surface area contributed by atoms with Crippen molar-refractivity contribution in [1.29, 1.82) is 0 Å². The average Bonchev–Trinajstić information content (AvgIpc) is 2.73. The summed E-state index contributed by atoms with van der Waals surface area (Å²) in [6, 6.07) is 1.52. The second kappa shape index (κ2) is 9.01. The molecule has 5 nitrogen and oxygen atoms in total. The van der Waals surface area contributed by atoms with Crippen molar-refractivity contribution in [2.45, 2.75) is 102 Å². The molecule has 2 saturated heterocycles. The van der Waals surface area contributed by atoms with Gasteiger partial charge >= 0.3 is 0 Å². The van der Waals surface area contributed by atoms with Gasteiger partial charge < -0.3 is 19.3 Å². The Morgan fingerprint density at radius 2 is 1.75 bits per heavy atom. The van der Waals surface area contributed by atoms with Gasteiger partial charge in [0.1, 0.15) is 6.61 Å². The molecular formula is C23H40N2O3. The molecule has 0 unspecified atom stereocenters. The molecule has 5 heteroatoms. The maximum absolute atomic E-state index is 12.7. The average molecular weight is 393 g/mol. The number of hydrogen-bond donors (Lipinski definition) is 0. The van der Waals surface area contributed by atoms with Crippen LogP contribution in [0.3, 0.4) is 0 Å². The zero-order chi connectivity index (χ0) is 19.6. The second-order valence-corrected chi connectivity index (χ2v) is 9.95. The molecule has 0 aromatic heterocycles. The van der Waals surface area contributed by atoms with E-state index in [0.717, 1.165) is 58.0 Å². The topological polar surface area (TPSA) is 42.0 Å². The molecular weight excluding hydrogens is 352 g/mol. The number of carbonyl (C=O) groups excluding carboxylic acids is 1. The third-order valence-corrected chi connectivity index (χ3v) is 7.96. The molecule has 28 heavy (non-hydrogen) atoms. The van der Waals surface area contributed by atoms with Crippen LogP contribution in [0.15, 0.2) is 0 Å². The number of hydrogen-bond acceptors (Lipinski definition) is 4. The lowest BCUT2D eigenvalue weighted by atomic mass is 9.74. The summed E-state index contributed by atoms with van der Waals surface area (Å²) in [6.07, 6.45) is 12.5. The highest BCUT2D eigenvalue weighted by molar-refractivity contribution is 5.79. The summed E-state index contributed by atoms with van der Waals surface area (Å²) in [5.41, 5.74) is 0.376.